The summed E-state index contributed by atoms with van der Waals surface area (Å²) >= 11 is 9.52. The molecule has 2 heterocycles. The van der Waals surface area contributed by atoms with E-state index in [4.69, 9.17) is 11.6 Å². The molecule has 0 aliphatic heterocycles. The lowest BCUT2D eigenvalue weighted by Crippen LogP contribution is -2.41. The van der Waals surface area contributed by atoms with E-state index in [2.05, 4.69) is 30.5 Å². The molecule has 90 valence electrons. The first-order valence-corrected chi connectivity index (χ1v) is 6.54. The van der Waals surface area contributed by atoms with Crippen LogP contribution in [0.25, 0.3) is 11.0 Å². The standard InChI is InChI=1S/C11H11BrClN3O/c1-11(17)2-6(3-11)16-4-7(12)8-9(13)14-5-15-10(8)16/h4-6,17H,2-3H2,1H3/t6-,11+. The number of aliphatic hydroxyl groups is 1. The number of nitrogens with zero attached hydrogens (tertiary/aromatic N) is 3. The number of rotatable bonds is 1. The first-order chi connectivity index (χ1) is 7.98. The van der Waals surface area contributed by atoms with Crippen molar-refractivity contribution in [3.8, 4) is 0 Å². The van der Waals surface area contributed by atoms with Gasteiger partial charge < -0.3 is 9.67 Å². The molecule has 1 N–H and O–H groups in total. The summed E-state index contributed by atoms with van der Waals surface area (Å²) < 4.78 is 2.95. The lowest BCUT2D eigenvalue weighted by Gasteiger charge is -2.41. The fourth-order valence-corrected chi connectivity index (χ4v) is 3.36. The zero-order valence-corrected chi connectivity index (χ0v) is 11.5. The normalized spacial score (nSPS) is 28.4. The third kappa shape index (κ3) is 1.77. The smallest absolute Gasteiger partial charge is 0.146 e. The number of halogens is 2. The molecular weight excluding hydrogens is 305 g/mol. The van der Waals surface area contributed by atoms with Crippen LogP contribution in [0.4, 0.5) is 0 Å². The van der Waals surface area contributed by atoms with E-state index in [-0.39, 0.29) is 6.04 Å². The quantitative estimate of drug-likeness (QED) is 0.823. The monoisotopic (exact) mass is 315 g/mol. The van der Waals surface area contributed by atoms with E-state index in [1.165, 1.54) is 6.33 Å². The number of fused-ring (bicyclic) bond motifs is 1. The van der Waals surface area contributed by atoms with Crippen LogP contribution in [-0.2, 0) is 0 Å². The van der Waals surface area contributed by atoms with Gasteiger partial charge in [0.25, 0.3) is 0 Å². The molecule has 1 saturated carbocycles. The molecule has 17 heavy (non-hydrogen) atoms. The van der Waals surface area contributed by atoms with Crippen LogP contribution in [0.1, 0.15) is 25.8 Å². The highest BCUT2D eigenvalue weighted by molar-refractivity contribution is 9.10. The summed E-state index contributed by atoms with van der Waals surface area (Å²) in [4.78, 5) is 8.24. The molecular formula is C11H11BrClN3O. The molecule has 0 atom stereocenters. The van der Waals surface area contributed by atoms with Gasteiger partial charge >= 0.3 is 0 Å². The Morgan fingerprint density at radius 1 is 1.53 bits per heavy atom. The van der Waals surface area contributed by atoms with Crippen LogP contribution in [0.3, 0.4) is 0 Å². The number of hydrogen-bond donors (Lipinski definition) is 1. The average molecular weight is 317 g/mol. The Morgan fingerprint density at radius 3 is 2.88 bits per heavy atom. The first-order valence-electron chi connectivity index (χ1n) is 5.37. The summed E-state index contributed by atoms with van der Waals surface area (Å²) in [7, 11) is 0. The topological polar surface area (TPSA) is 50.9 Å². The number of aromatic nitrogens is 3. The highest BCUT2D eigenvalue weighted by atomic mass is 79.9. The minimum absolute atomic E-state index is 0.282. The third-order valence-electron chi connectivity index (χ3n) is 3.26. The Morgan fingerprint density at radius 2 is 2.24 bits per heavy atom. The molecule has 1 aliphatic rings. The maximum atomic E-state index is 9.79. The highest BCUT2D eigenvalue weighted by Gasteiger charge is 2.40. The van der Waals surface area contributed by atoms with Crippen molar-refractivity contribution in [3.05, 3.63) is 22.1 Å². The second kappa shape index (κ2) is 3.67. The van der Waals surface area contributed by atoms with Crippen LogP contribution in [0.15, 0.2) is 17.0 Å². The van der Waals surface area contributed by atoms with Crippen molar-refractivity contribution in [1.82, 2.24) is 14.5 Å². The van der Waals surface area contributed by atoms with Gasteiger partial charge in [-0.05, 0) is 35.7 Å². The van der Waals surface area contributed by atoms with Gasteiger partial charge in [0.2, 0.25) is 0 Å². The lowest BCUT2D eigenvalue weighted by molar-refractivity contribution is -0.0498. The average Bonchev–Trinajstić information content (AvgIpc) is 2.54. The van der Waals surface area contributed by atoms with E-state index in [0.29, 0.717) is 5.15 Å². The van der Waals surface area contributed by atoms with Crippen LogP contribution in [0.5, 0.6) is 0 Å². The molecule has 0 unspecified atom stereocenters. The van der Waals surface area contributed by atoms with Gasteiger partial charge in [-0.1, -0.05) is 11.6 Å². The fourth-order valence-electron chi connectivity index (χ4n) is 2.43. The number of hydrogen-bond acceptors (Lipinski definition) is 3. The fraction of sp³-hybridized carbons (Fsp3) is 0.455. The van der Waals surface area contributed by atoms with Crippen molar-refractivity contribution in [2.24, 2.45) is 0 Å². The van der Waals surface area contributed by atoms with Gasteiger partial charge in [0.05, 0.1) is 11.0 Å². The molecule has 0 spiro atoms. The third-order valence-corrected chi connectivity index (χ3v) is 4.15. The molecule has 0 saturated heterocycles. The molecule has 1 aliphatic carbocycles. The zero-order valence-electron chi connectivity index (χ0n) is 9.19. The maximum absolute atomic E-state index is 9.79. The van der Waals surface area contributed by atoms with Crippen LogP contribution in [0.2, 0.25) is 5.15 Å². The summed E-state index contributed by atoms with van der Waals surface area (Å²) in [5.74, 6) is 0. The van der Waals surface area contributed by atoms with Gasteiger partial charge in [-0.15, -0.1) is 0 Å². The minimum atomic E-state index is -0.551. The van der Waals surface area contributed by atoms with Gasteiger partial charge in [-0.25, -0.2) is 9.97 Å². The second-order valence-electron chi connectivity index (χ2n) is 4.81. The maximum Gasteiger partial charge on any atom is 0.146 e. The first kappa shape index (κ1) is 11.4. The van der Waals surface area contributed by atoms with E-state index in [0.717, 1.165) is 28.3 Å². The summed E-state index contributed by atoms with van der Waals surface area (Å²) in [6.45, 7) is 1.85. The summed E-state index contributed by atoms with van der Waals surface area (Å²) in [5.41, 5.74) is 0.266. The SMILES string of the molecule is C[C@]1(O)C[C@@H](n2cc(Br)c3c(Cl)ncnc32)C1. The molecule has 1 fully saturated rings. The Kier molecular flexibility index (Phi) is 2.47. The Balaban J connectivity index is 2.10. The van der Waals surface area contributed by atoms with Crippen LogP contribution < -0.4 is 0 Å². The molecule has 6 heteroatoms. The van der Waals surface area contributed by atoms with Gasteiger partial charge in [0.1, 0.15) is 17.1 Å². The molecule has 2 aromatic heterocycles. The Hall–Kier alpha value is -0.650. The van der Waals surface area contributed by atoms with Crippen molar-refractivity contribution in [1.29, 1.82) is 0 Å². The van der Waals surface area contributed by atoms with Crippen molar-refractivity contribution in [2.45, 2.75) is 31.4 Å². The highest BCUT2D eigenvalue weighted by Crippen LogP contribution is 2.43. The van der Waals surface area contributed by atoms with E-state index in [1.54, 1.807) is 0 Å². The molecule has 0 aromatic carbocycles. The lowest BCUT2D eigenvalue weighted by atomic mass is 9.77. The van der Waals surface area contributed by atoms with E-state index < -0.39 is 5.60 Å². The summed E-state index contributed by atoms with van der Waals surface area (Å²) in [6.07, 6.45) is 4.91. The predicted molar refractivity (Wildman–Crippen MR) is 69.1 cm³/mol. The molecule has 4 nitrogen and oxygen atoms in total. The van der Waals surface area contributed by atoms with Gasteiger partial charge in [-0.3, -0.25) is 0 Å². The van der Waals surface area contributed by atoms with Crippen molar-refractivity contribution < 1.29 is 5.11 Å². The predicted octanol–water partition coefficient (Wildman–Crippen LogP) is 2.93. The Labute approximate surface area is 112 Å². The van der Waals surface area contributed by atoms with E-state index in [9.17, 15) is 5.11 Å². The van der Waals surface area contributed by atoms with Crippen molar-refractivity contribution in [3.63, 3.8) is 0 Å². The molecule has 2 aromatic rings. The van der Waals surface area contributed by atoms with Crippen LogP contribution in [-0.4, -0.2) is 25.2 Å². The van der Waals surface area contributed by atoms with E-state index in [1.807, 2.05) is 13.1 Å². The van der Waals surface area contributed by atoms with Crippen molar-refractivity contribution >= 4 is 38.6 Å². The van der Waals surface area contributed by atoms with Gasteiger partial charge in [-0.2, -0.15) is 0 Å². The molecule has 0 amide bonds. The largest absolute Gasteiger partial charge is 0.390 e. The Bertz CT molecular complexity index is 588. The molecule has 0 radical (unpaired) electrons. The van der Waals surface area contributed by atoms with Crippen LogP contribution >= 0.6 is 27.5 Å². The van der Waals surface area contributed by atoms with E-state index >= 15 is 0 Å². The van der Waals surface area contributed by atoms with Gasteiger partial charge in [0, 0.05) is 16.7 Å². The minimum Gasteiger partial charge on any atom is -0.390 e. The van der Waals surface area contributed by atoms with Crippen LogP contribution in [0, 0.1) is 0 Å². The molecule has 3 rings (SSSR count). The van der Waals surface area contributed by atoms with Gasteiger partial charge in [0.15, 0.2) is 0 Å². The zero-order chi connectivity index (χ0) is 12.2. The van der Waals surface area contributed by atoms with Crippen molar-refractivity contribution in [2.75, 3.05) is 0 Å². The molecule has 0 bridgehead atoms. The summed E-state index contributed by atoms with van der Waals surface area (Å²) in [5, 5.41) is 11.1. The summed E-state index contributed by atoms with van der Waals surface area (Å²) in [6, 6.07) is 0.282. The second-order valence-corrected chi connectivity index (χ2v) is 6.02.